The molecule has 0 radical (unpaired) electrons. The van der Waals surface area contributed by atoms with Gasteiger partial charge in [0, 0.05) is 47.3 Å². The predicted octanol–water partition coefficient (Wildman–Crippen LogP) is 9.37. The second-order valence-electron chi connectivity index (χ2n) is 16.7. The largest absolute Gasteiger partial charge is 0.488 e. The minimum Gasteiger partial charge on any atom is -0.488 e. The van der Waals surface area contributed by atoms with Gasteiger partial charge in [-0.1, -0.05) is 48.0 Å². The highest BCUT2D eigenvalue weighted by Gasteiger charge is 2.35. The highest BCUT2D eigenvalue weighted by Crippen LogP contribution is 2.40. The number of carbonyl (C=O) groups excluding carboxylic acids is 3. The van der Waals surface area contributed by atoms with Crippen molar-refractivity contribution in [2.45, 2.75) is 122 Å². The Morgan fingerprint density at radius 3 is 2.23 bits per heavy atom. The van der Waals surface area contributed by atoms with Gasteiger partial charge in [-0.15, -0.1) is 0 Å². The molecule has 0 bridgehead atoms. The third-order valence-electron chi connectivity index (χ3n) is 9.88. The fourth-order valence-corrected chi connectivity index (χ4v) is 7.46. The summed E-state index contributed by atoms with van der Waals surface area (Å²) in [7, 11) is 0. The van der Waals surface area contributed by atoms with Crippen LogP contribution in [0.4, 0.5) is 14.0 Å². The van der Waals surface area contributed by atoms with Gasteiger partial charge in [0.1, 0.15) is 17.8 Å². The van der Waals surface area contributed by atoms with Crippen LogP contribution in [0.15, 0.2) is 60.7 Å². The van der Waals surface area contributed by atoms with Crippen molar-refractivity contribution in [1.29, 1.82) is 0 Å². The quantitative estimate of drug-likeness (QED) is 0.163. The molecule has 11 nitrogen and oxygen atoms in total. The van der Waals surface area contributed by atoms with Gasteiger partial charge in [0.2, 0.25) is 5.91 Å². The second kappa shape index (κ2) is 19.4. The van der Waals surface area contributed by atoms with Gasteiger partial charge in [-0.25, -0.2) is 14.0 Å². The number of amides is 3. The Morgan fingerprint density at radius 2 is 1.60 bits per heavy atom. The molecule has 1 saturated carbocycles. The molecule has 13 heteroatoms. The van der Waals surface area contributed by atoms with Gasteiger partial charge in [-0.05, 0) is 122 Å². The van der Waals surface area contributed by atoms with Crippen LogP contribution in [0, 0.1) is 5.82 Å². The fourth-order valence-electron chi connectivity index (χ4n) is 7.25. The van der Waals surface area contributed by atoms with Crippen LogP contribution in [-0.2, 0) is 18.9 Å². The van der Waals surface area contributed by atoms with Crippen LogP contribution in [0.1, 0.15) is 114 Å². The Morgan fingerprint density at radius 1 is 0.895 bits per heavy atom. The van der Waals surface area contributed by atoms with Crippen molar-refractivity contribution < 1.29 is 42.5 Å². The van der Waals surface area contributed by atoms with Gasteiger partial charge in [-0.3, -0.25) is 4.79 Å². The van der Waals surface area contributed by atoms with Crippen LogP contribution in [-0.4, -0.2) is 78.9 Å². The molecule has 1 aliphatic carbocycles. The number of nitrogens with zero attached hydrogens (tertiary/aromatic N) is 1. The first-order valence-corrected chi connectivity index (χ1v) is 20.2. The monoisotopic (exact) mass is 809 g/mol. The summed E-state index contributed by atoms with van der Waals surface area (Å²) < 4.78 is 45.2. The molecular weight excluding hydrogens is 753 g/mol. The van der Waals surface area contributed by atoms with Gasteiger partial charge in [0.25, 0.3) is 0 Å². The number of alkyl carbamates (subject to hydrolysis) is 1. The Balaban J connectivity index is 1.45. The number of carbonyl (C=O) groups is 3. The van der Waals surface area contributed by atoms with E-state index in [0.29, 0.717) is 32.3 Å². The van der Waals surface area contributed by atoms with Gasteiger partial charge in [-0.2, -0.15) is 0 Å². The predicted molar refractivity (Wildman–Crippen MR) is 217 cm³/mol. The van der Waals surface area contributed by atoms with E-state index in [0.717, 1.165) is 30.4 Å². The van der Waals surface area contributed by atoms with Crippen molar-refractivity contribution in [1.82, 2.24) is 10.2 Å². The average Bonchev–Trinajstić information content (AvgIpc) is 3.14. The number of primary amides is 1. The molecule has 3 aromatic rings. The first-order valence-electron chi connectivity index (χ1n) is 19.8. The van der Waals surface area contributed by atoms with E-state index in [9.17, 15) is 14.4 Å². The standard InChI is InChI=1S/C44H57ClFN3O8/c1-43(2,3)56-41(51)48-30-16-18-31(19-17-30)49(42(52)57-44(4,5)6)27-34(28-12-8-7-9-13-28)29-15-21-35(45)33(26-29)38-32(40(47)50)20-22-36(39(38)46)53-24-25-55-37-14-10-11-23-54-37/h7-9,12-13,15,20-22,26,30-31,34,37H,10-11,14,16-19,23-25,27H2,1-6H3,(H2,47,50)(H,48,51). The zero-order chi connectivity index (χ0) is 41.3. The summed E-state index contributed by atoms with van der Waals surface area (Å²) in [6.45, 7) is 12.0. The van der Waals surface area contributed by atoms with E-state index < -0.39 is 41.0 Å². The van der Waals surface area contributed by atoms with Crippen LogP contribution < -0.4 is 15.8 Å². The summed E-state index contributed by atoms with van der Waals surface area (Å²) in [5.41, 5.74) is 6.13. The zero-order valence-corrected chi connectivity index (χ0v) is 34.7. The smallest absolute Gasteiger partial charge is 0.410 e. The van der Waals surface area contributed by atoms with Crippen molar-refractivity contribution >= 4 is 29.7 Å². The molecule has 2 fully saturated rings. The van der Waals surface area contributed by atoms with E-state index in [1.807, 2.05) is 77.9 Å². The summed E-state index contributed by atoms with van der Waals surface area (Å²) in [4.78, 5) is 41.1. The topological polar surface area (TPSA) is 139 Å². The zero-order valence-electron chi connectivity index (χ0n) is 33.9. The van der Waals surface area contributed by atoms with Crippen LogP contribution >= 0.6 is 11.6 Å². The first kappa shape index (κ1) is 43.7. The van der Waals surface area contributed by atoms with Crippen molar-refractivity contribution in [2.75, 3.05) is 26.4 Å². The van der Waals surface area contributed by atoms with Crippen molar-refractivity contribution in [3.8, 4) is 16.9 Å². The summed E-state index contributed by atoms with van der Waals surface area (Å²) in [5, 5.41) is 3.17. The molecule has 1 saturated heterocycles. The van der Waals surface area contributed by atoms with E-state index >= 15 is 4.39 Å². The maximum absolute atomic E-state index is 16.5. The molecule has 5 rings (SSSR count). The molecule has 2 aliphatic rings. The Hall–Kier alpha value is -4.39. The van der Waals surface area contributed by atoms with Gasteiger partial charge in [0.15, 0.2) is 17.9 Å². The minimum absolute atomic E-state index is 0.0511. The van der Waals surface area contributed by atoms with E-state index in [4.69, 9.17) is 41.0 Å². The summed E-state index contributed by atoms with van der Waals surface area (Å²) in [6.07, 6.45) is 4.05. The van der Waals surface area contributed by atoms with Crippen LogP contribution in [0.2, 0.25) is 5.02 Å². The van der Waals surface area contributed by atoms with E-state index in [1.54, 1.807) is 17.0 Å². The average molecular weight is 810 g/mol. The number of hydrogen-bond donors (Lipinski definition) is 2. The third-order valence-corrected chi connectivity index (χ3v) is 10.2. The molecule has 0 aromatic heterocycles. The van der Waals surface area contributed by atoms with Crippen LogP contribution in [0.5, 0.6) is 5.75 Å². The van der Waals surface area contributed by atoms with Crippen molar-refractivity contribution in [2.24, 2.45) is 5.73 Å². The molecule has 3 aromatic carbocycles. The second-order valence-corrected chi connectivity index (χ2v) is 17.1. The number of halogens is 2. The molecule has 2 unspecified atom stereocenters. The molecule has 3 amide bonds. The Labute approximate surface area is 340 Å². The molecule has 57 heavy (non-hydrogen) atoms. The Kier molecular flexibility index (Phi) is 14.9. The third kappa shape index (κ3) is 12.5. The van der Waals surface area contributed by atoms with Gasteiger partial charge in [0.05, 0.1) is 12.2 Å². The lowest BCUT2D eigenvalue weighted by atomic mass is 9.86. The summed E-state index contributed by atoms with van der Waals surface area (Å²) in [6, 6.07) is 17.4. The Bertz CT molecular complexity index is 1830. The van der Waals surface area contributed by atoms with E-state index in [2.05, 4.69) is 5.32 Å². The summed E-state index contributed by atoms with van der Waals surface area (Å²) in [5.74, 6) is -2.13. The van der Waals surface area contributed by atoms with Crippen LogP contribution in [0.3, 0.4) is 0 Å². The maximum Gasteiger partial charge on any atom is 0.410 e. The molecule has 1 heterocycles. The number of benzene rings is 3. The summed E-state index contributed by atoms with van der Waals surface area (Å²) >= 11 is 6.81. The SMILES string of the molecule is CC(C)(C)OC(=O)NC1CCC(N(CC(c2ccccc2)c2ccc(Cl)c(-c3c(C(N)=O)ccc(OCCOC4CCCCO4)c3F)c2)C(=O)OC(C)(C)C)CC1. The van der Waals surface area contributed by atoms with E-state index in [1.165, 1.54) is 12.1 Å². The highest BCUT2D eigenvalue weighted by atomic mass is 35.5. The molecule has 2 atom stereocenters. The number of nitrogens with two attached hydrogens (primary N) is 1. The maximum atomic E-state index is 16.5. The molecular formula is C44H57ClFN3O8. The minimum atomic E-state index is -0.831. The van der Waals surface area contributed by atoms with E-state index in [-0.39, 0.29) is 65.6 Å². The van der Waals surface area contributed by atoms with Crippen molar-refractivity contribution in [3.63, 3.8) is 0 Å². The van der Waals surface area contributed by atoms with Crippen LogP contribution in [0.25, 0.3) is 11.1 Å². The lowest BCUT2D eigenvalue weighted by Crippen LogP contribution is -2.49. The highest BCUT2D eigenvalue weighted by molar-refractivity contribution is 6.33. The number of ether oxygens (including phenoxy) is 5. The number of rotatable bonds is 13. The molecule has 1 aliphatic heterocycles. The van der Waals surface area contributed by atoms with Gasteiger partial charge >= 0.3 is 12.2 Å². The molecule has 3 N–H and O–H groups in total. The molecule has 0 spiro atoms. The lowest BCUT2D eigenvalue weighted by Gasteiger charge is -2.39. The van der Waals surface area contributed by atoms with Gasteiger partial charge < -0.3 is 39.6 Å². The van der Waals surface area contributed by atoms with Crippen molar-refractivity contribution in [3.05, 3.63) is 88.2 Å². The first-order chi connectivity index (χ1) is 27.0. The number of hydrogen-bond acceptors (Lipinski definition) is 8. The lowest BCUT2D eigenvalue weighted by molar-refractivity contribution is -0.165. The number of nitrogens with one attached hydrogen (secondary N) is 1. The fraction of sp³-hybridized carbons (Fsp3) is 0.523. The normalized spacial score (nSPS) is 19.3. The molecule has 310 valence electrons.